The van der Waals surface area contributed by atoms with Gasteiger partial charge >= 0.3 is 0 Å². The molecule has 2 aromatic rings. The first-order valence-corrected chi connectivity index (χ1v) is 13.3. The minimum absolute atomic E-state index is 0.147. The molecule has 1 aliphatic heterocycles. The third kappa shape index (κ3) is 6.45. The van der Waals surface area contributed by atoms with E-state index in [1.807, 2.05) is 28.6 Å². The van der Waals surface area contributed by atoms with Crippen LogP contribution in [0.3, 0.4) is 0 Å². The van der Waals surface area contributed by atoms with Crippen molar-refractivity contribution in [2.75, 3.05) is 30.7 Å². The summed E-state index contributed by atoms with van der Waals surface area (Å²) >= 11 is 0. The predicted octanol–water partition coefficient (Wildman–Crippen LogP) is 4.83. The van der Waals surface area contributed by atoms with Crippen LogP contribution < -0.4 is 9.04 Å². The summed E-state index contributed by atoms with van der Waals surface area (Å²) in [4.78, 5) is 0.620. The van der Waals surface area contributed by atoms with Crippen LogP contribution in [0.15, 0.2) is 52.3 Å². The predicted molar refractivity (Wildman–Crippen MR) is 128 cm³/mol. The van der Waals surface area contributed by atoms with Crippen molar-refractivity contribution < 1.29 is 17.9 Å². The first-order chi connectivity index (χ1) is 15.4. The molecular weight excluding hydrogens is 444 g/mol. The molecule has 0 N–H and O–H groups in total. The van der Waals surface area contributed by atoms with Crippen molar-refractivity contribution in [3.05, 3.63) is 48.0 Å². The molecule has 32 heavy (non-hydrogen) atoms. The van der Waals surface area contributed by atoms with E-state index in [9.17, 15) is 13.0 Å². The summed E-state index contributed by atoms with van der Waals surface area (Å²) in [5, 5.41) is 0. The van der Waals surface area contributed by atoms with Crippen LogP contribution in [0.5, 0.6) is 5.75 Å². The molecule has 1 heterocycles. The second kappa shape index (κ2) is 11.7. The fraction of sp³-hybridized carbons (Fsp3) is 0.500. The molecule has 0 radical (unpaired) electrons. The zero-order chi connectivity index (χ0) is 23.1. The number of hydrogen-bond acceptors (Lipinski definition) is 5. The maximum absolute atomic E-state index is 13.5. The Bertz CT molecular complexity index is 1050. The lowest BCUT2D eigenvalue weighted by Crippen LogP contribution is -2.30. The Balaban J connectivity index is 1.84. The van der Waals surface area contributed by atoms with Crippen LogP contribution >= 0.6 is 0 Å². The smallest absolute Gasteiger partial charge is 0.198 e. The molecule has 1 unspecified atom stereocenters. The minimum atomic E-state index is -2.25. The van der Waals surface area contributed by atoms with Crippen LogP contribution in [0.4, 0.5) is 5.69 Å². The Hall–Kier alpha value is -2.12. The monoisotopic (exact) mass is 476 g/mol. The van der Waals surface area contributed by atoms with Gasteiger partial charge in [0, 0.05) is 25.4 Å². The molecule has 0 amide bonds. The van der Waals surface area contributed by atoms with Gasteiger partial charge in [-0.3, -0.25) is 4.31 Å². The summed E-state index contributed by atoms with van der Waals surface area (Å²) in [6.07, 6.45) is 2.77. The molecule has 0 aromatic heterocycles. The van der Waals surface area contributed by atoms with E-state index in [2.05, 4.69) is 20.8 Å². The Morgan fingerprint density at radius 1 is 1.12 bits per heavy atom. The number of rotatable bonds is 9. The summed E-state index contributed by atoms with van der Waals surface area (Å²) in [6, 6.07) is 13.0. The number of nitrogens with zero attached hydrogens (tertiary/aromatic N) is 2. The highest BCUT2D eigenvalue weighted by Crippen LogP contribution is 2.28. The molecule has 3 rings (SSSR count). The van der Waals surface area contributed by atoms with Crippen molar-refractivity contribution >= 4 is 27.1 Å². The van der Waals surface area contributed by atoms with E-state index in [-0.39, 0.29) is 4.90 Å². The van der Waals surface area contributed by atoms with Crippen LogP contribution in [0.1, 0.15) is 39.2 Å². The number of hydrogen-bond donors (Lipinski definition) is 0. The summed E-state index contributed by atoms with van der Waals surface area (Å²) in [5.74, 6) is 1.02. The van der Waals surface area contributed by atoms with Gasteiger partial charge in [-0.15, -0.1) is 4.61 Å². The van der Waals surface area contributed by atoms with Crippen molar-refractivity contribution in [3.63, 3.8) is 0 Å². The summed E-state index contributed by atoms with van der Waals surface area (Å²) < 4.78 is 48.5. The average molecular weight is 477 g/mol. The average Bonchev–Trinajstić information content (AvgIpc) is 2.81. The second-order valence-electron chi connectivity index (χ2n) is 8.45. The maximum atomic E-state index is 13.5. The van der Waals surface area contributed by atoms with E-state index in [1.54, 1.807) is 12.1 Å². The third-order valence-corrected chi connectivity index (χ3v) is 7.60. The van der Waals surface area contributed by atoms with Gasteiger partial charge < -0.3 is 9.47 Å². The van der Waals surface area contributed by atoms with Crippen LogP contribution in [-0.2, 0) is 32.6 Å². The van der Waals surface area contributed by atoms with Gasteiger partial charge in [0.25, 0.3) is 0 Å². The Morgan fingerprint density at radius 3 is 2.41 bits per heavy atom. The van der Waals surface area contributed by atoms with Crippen molar-refractivity contribution in [1.29, 1.82) is 4.61 Å². The number of benzene rings is 2. The second-order valence-corrected chi connectivity index (χ2v) is 10.8. The molecule has 1 saturated heterocycles. The van der Waals surface area contributed by atoms with Crippen LogP contribution in [0, 0.1) is 16.4 Å². The van der Waals surface area contributed by atoms with Gasteiger partial charge in [-0.1, -0.05) is 32.9 Å². The number of anilines is 1. The highest BCUT2D eigenvalue weighted by molar-refractivity contribution is 7.86. The minimum Gasteiger partial charge on any atom is -0.492 e. The number of aryl methyl sites for hydroxylation is 1. The summed E-state index contributed by atoms with van der Waals surface area (Å²) in [5.41, 5.74) is 2.08. The van der Waals surface area contributed by atoms with E-state index in [4.69, 9.17) is 9.47 Å². The molecule has 1 aliphatic rings. The highest BCUT2D eigenvalue weighted by atomic mass is 32.2. The van der Waals surface area contributed by atoms with Crippen LogP contribution in [-0.4, -0.2) is 34.8 Å². The largest absolute Gasteiger partial charge is 0.492 e. The SMILES string of the molecule is CCc1ccc(N(CC(C)C)S(=O)c2ccc(OCC3CCOCC3)c(S(#N)=O)c2)cc1. The Labute approximate surface area is 195 Å². The quantitative estimate of drug-likeness (QED) is 0.518. The lowest BCUT2D eigenvalue weighted by atomic mass is 10.0. The molecule has 6 nitrogen and oxygen atoms in total. The summed E-state index contributed by atoms with van der Waals surface area (Å²) in [7, 11) is -3.78. The molecule has 0 saturated carbocycles. The molecule has 2 aromatic carbocycles. The molecule has 0 bridgehead atoms. The van der Waals surface area contributed by atoms with Gasteiger partial charge in [0.15, 0.2) is 21.4 Å². The summed E-state index contributed by atoms with van der Waals surface area (Å²) in [6.45, 7) is 8.75. The van der Waals surface area contributed by atoms with Crippen molar-refractivity contribution in [1.82, 2.24) is 0 Å². The zero-order valence-electron chi connectivity index (χ0n) is 19.0. The van der Waals surface area contributed by atoms with E-state index in [1.165, 1.54) is 11.6 Å². The van der Waals surface area contributed by atoms with E-state index in [0.717, 1.165) is 38.2 Å². The molecule has 1 fully saturated rings. The van der Waals surface area contributed by atoms with Gasteiger partial charge in [0.2, 0.25) is 0 Å². The van der Waals surface area contributed by atoms with Crippen LogP contribution in [0.25, 0.3) is 0 Å². The van der Waals surface area contributed by atoms with Gasteiger partial charge in [0.05, 0.1) is 11.5 Å². The van der Waals surface area contributed by atoms with Crippen molar-refractivity contribution in [2.45, 2.75) is 49.8 Å². The standard InChI is InChI=1S/C24H32N2O4S2/c1-4-19-5-7-21(8-6-19)26(16-18(2)3)32(28)22-9-10-23(24(15-22)31(25)27)30-17-20-11-13-29-14-12-20/h5-10,15,18,20H,4,11-14,16-17H2,1-3H3. The molecule has 174 valence electrons. The Morgan fingerprint density at radius 2 is 1.81 bits per heavy atom. The van der Waals surface area contributed by atoms with Gasteiger partial charge in [-0.25, -0.2) is 4.21 Å². The Kier molecular flexibility index (Phi) is 8.93. The van der Waals surface area contributed by atoms with Crippen molar-refractivity contribution in [2.24, 2.45) is 11.8 Å². The first kappa shape index (κ1) is 24.5. The fourth-order valence-electron chi connectivity index (χ4n) is 3.60. The van der Waals surface area contributed by atoms with E-state index < -0.39 is 21.4 Å². The third-order valence-electron chi connectivity index (χ3n) is 5.48. The number of ether oxygens (including phenoxy) is 2. The fourth-order valence-corrected chi connectivity index (χ4v) is 5.60. The van der Waals surface area contributed by atoms with E-state index >= 15 is 0 Å². The molecular formula is C24H32N2O4S2. The topological polar surface area (TPSA) is 79.6 Å². The maximum Gasteiger partial charge on any atom is 0.198 e. The molecule has 0 spiro atoms. The molecule has 0 aliphatic carbocycles. The highest BCUT2D eigenvalue weighted by Gasteiger charge is 2.21. The normalized spacial score (nSPS) is 15.5. The van der Waals surface area contributed by atoms with E-state index in [0.29, 0.717) is 35.6 Å². The first-order valence-electron chi connectivity index (χ1n) is 11.1. The molecule has 1 atom stereocenters. The zero-order valence-corrected chi connectivity index (χ0v) is 20.6. The molecule has 8 heteroatoms. The lowest BCUT2D eigenvalue weighted by molar-refractivity contribution is 0.0493. The van der Waals surface area contributed by atoms with Gasteiger partial charge in [0.1, 0.15) is 10.6 Å². The van der Waals surface area contributed by atoms with Crippen LogP contribution in [0.2, 0.25) is 0 Å². The van der Waals surface area contributed by atoms with Crippen molar-refractivity contribution in [3.8, 4) is 5.75 Å². The lowest BCUT2D eigenvalue weighted by Gasteiger charge is -2.26. The van der Waals surface area contributed by atoms with Gasteiger partial charge in [-0.05, 0) is 67.0 Å². The van der Waals surface area contributed by atoms with Gasteiger partial charge in [-0.2, -0.15) is 4.21 Å².